The number of nitrogens with zero attached hydrogens (tertiary/aromatic N) is 5. The van der Waals surface area contributed by atoms with Crippen molar-refractivity contribution >= 4 is 5.91 Å². The molecule has 2 fully saturated rings. The first kappa shape index (κ1) is 22.0. The summed E-state index contributed by atoms with van der Waals surface area (Å²) in [5.41, 5.74) is 3.32. The minimum Gasteiger partial charge on any atom is -0.381 e. The van der Waals surface area contributed by atoms with Crippen molar-refractivity contribution in [1.29, 1.82) is 0 Å². The lowest BCUT2D eigenvalue weighted by Gasteiger charge is -2.32. The highest BCUT2D eigenvalue weighted by molar-refractivity contribution is 5.76. The minimum absolute atomic E-state index is 0.00425. The number of ether oxygens (including phenoxy) is 2. The van der Waals surface area contributed by atoms with Crippen molar-refractivity contribution in [3.63, 3.8) is 0 Å². The number of amides is 1. The maximum Gasteiger partial charge on any atom is 0.230 e. The Hall–Kier alpha value is -2.26. The van der Waals surface area contributed by atoms with Gasteiger partial charge in [-0.3, -0.25) is 9.48 Å². The predicted molar refractivity (Wildman–Crippen MR) is 112 cm³/mol. The number of carbonyl (C=O) groups excluding carboxylic acids is 1. The summed E-state index contributed by atoms with van der Waals surface area (Å²) in [7, 11) is 1.94. The van der Waals surface area contributed by atoms with Crippen LogP contribution in [0.2, 0.25) is 0 Å². The third-order valence-corrected chi connectivity index (χ3v) is 6.48. The third-order valence-electron chi connectivity index (χ3n) is 6.48. The highest BCUT2D eigenvalue weighted by atomic mass is 16.5. The minimum atomic E-state index is 0.00425. The number of hydrogen-bond donors (Lipinski definition) is 0. The van der Waals surface area contributed by atoms with E-state index in [0.717, 1.165) is 63.3 Å². The number of likely N-dealkylation sites (tertiary alicyclic amines) is 1. The molecular weight excluding hydrogens is 398 g/mol. The molecule has 4 heterocycles. The van der Waals surface area contributed by atoms with Crippen molar-refractivity contribution < 1.29 is 18.8 Å². The van der Waals surface area contributed by atoms with Crippen LogP contribution in [-0.4, -0.2) is 63.1 Å². The molecule has 0 aromatic carbocycles. The summed E-state index contributed by atoms with van der Waals surface area (Å²) in [6.07, 6.45) is 4.95. The maximum absolute atomic E-state index is 12.8. The van der Waals surface area contributed by atoms with Gasteiger partial charge in [-0.2, -0.15) is 10.1 Å². The van der Waals surface area contributed by atoms with Gasteiger partial charge in [-0.1, -0.05) is 5.16 Å². The quantitative estimate of drug-likeness (QED) is 0.664. The van der Waals surface area contributed by atoms with Crippen LogP contribution in [0.3, 0.4) is 0 Å². The summed E-state index contributed by atoms with van der Waals surface area (Å²) in [5.74, 6) is 1.72. The predicted octanol–water partition coefficient (Wildman–Crippen LogP) is 2.45. The Balaban J connectivity index is 1.24. The van der Waals surface area contributed by atoms with Gasteiger partial charge >= 0.3 is 0 Å². The average molecular weight is 432 g/mol. The molecule has 0 saturated carbocycles. The van der Waals surface area contributed by atoms with Gasteiger partial charge in [0.2, 0.25) is 11.8 Å². The van der Waals surface area contributed by atoms with Crippen LogP contribution in [0.15, 0.2) is 4.52 Å². The Labute approximate surface area is 183 Å². The summed E-state index contributed by atoms with van der Waals surface area (Å²) >= 11 is 0. The lowest BCUT2D eigenvalue weighted by molar-refractivity contribution is -0.135. The fraction of sp³-hybridized carbons (Fsp3) is 0.727. The molecule has 2 saturated heterocycles. The molecule has 0 bridgehead atoms. The number of hydrogen-bond acceptors (Lipinski definition) is 7. The molecule has 2 aromatic rings. The first-order chi connectivity index (χ1) is 15.0. The summed E-state index contributed by atoms with van der Waals surface area (Å²) in [4.78, 5) is 19.2. The highest BCUT2D eigenvalue weighted by Gasteiger charge is 2.26. The van der Waals surface area contributed by atoms with Gasteiger partial charge in [-0.05, 0) is 51.5 Å². The van der Waals surface area contributed by atoms with E-state index in [1.165, 1.54) is 5.56 Å². The SMILES string of the molecule is Cc1nn(C)c(C)c1CCC(=O)N1CCCC(OCc2noc(C3CCOCC3)n2)C1. The van der Waals surface area contributed by atoms with Crippen molar-refractivity contribution in [1.82, 2.24) is 24.8 Å². The van der Waals surface area contributed by atoms with Crippen LogP contribution in [0, 0.1) is 13.8 Å². The number of rotatable bonds is 7. The molecule has 9 nitrogen and oxygen atoms in total. The van der Waals surface area contributed by atoms with Gasteiger partial charge in [0, 0.05) is 51.4 Å². The first-order valence-corrected chi connectivity index (χ1v) is 11.3. The van der Waals surface area contributed by atoms with Gasteiger partial charge in [-0.15, -0.1) is 0 Å². The molecule has 4 rings (SSSR count). The van der Waals surface area contributed by atoms with Gasteiger partial charge in [0.1, 0.15) is 6.61 Å². The van der Waals surface area contributed by atoms with E-state index in [1.807, 2.05) is 23.6 Å². The Morgan fingerprint density at radius 1 is 1.23 bits per heavy atom. The second-order valence-corrected chi connectivity index (χ2v) is 8.62. The van der Waals surface area contributed by atoms with Crippen LogP contribution in [0.1, 0.15) is 66.7 Å². The van der Waals surface area contributed by atoms with Crippen molar-refractivity contribution in [2.45, 2.75) is 71.0 Å². The van der Waals surface area contributed by atoms with E-state index >= 15 is 0 Å². The summed E-state index contributed by atoms with van der Waals surface area (Å²) in [5, 5.41) is 8.51. The van der Waals surface area contributed by atoms with E-state index in [0.29, 0.717) is 31.3 Å². The highest BCUT2D eigenvalue weighted by Crippen LogP contribution is 2.25. The van der Waals surface area contributed by atoms with E-state index < -0.39 is 0 Å². The van der Waals surface area contributed by atoms with Crippen molar-refractivity contribution in [3.05, 3.63) is 28.7 Å². The molecule has 9 heteroatoms. The van der Waals surface area contributed by atoms with Crippen LogP contribution in [0.5, 0.6) is 0 Å². The third kappa shape index (κ3) is 5.33. The monoisotopic (exact) mass is 431 g/mol. The number of piperidine rings is 1. The Kier molecular flexibility index (Phi) is 7.02. The van der Waals surface area contributed by atoms with Gasteiger partial charge in [0.15, 0.2) is 5.82 Å². The molecule has 0 spiro atoms. The van der Waals surface area contributed by atoms with Crippen LogP contribution in [0.4, 0.5) is 0 Å². The molecule has 31 heavy (non-hydrogen) atoms. The molecule has 0 radical (unpaired) electrons. The molecule has 1 atom stereocenters. The molecule has 0 N–H and O–H groups in total. The van der Waals surface area contributed by atoms with Crippen LogP contribution < -0.4 is 0 Å². The summed E-state index contributed by atoms with van der Waals surface area (Å²) < 4.78 is 18.7. The number of carbonyl (C=O) groups is 1. The van der Waals surface area contributed by atoms with Gasteiger partial charge in [0.05, 0.1) is 11.8 Å². The van der Waals surface area contributed by atoms with Gasteiger partial charge in [-0.25, -0.2) is 0 Å². The van der Waals surface area contributed by atoms with Crippen LogP contribution in [-0.2, 0) is 34.3 Å². The smallest absolute Gasteiger partial charge is 0.230 e. The van der Waals surface area contributed by atoms with Crippen LogP contribution >= 0.6 is 0 Å². The van der Waals surface area contributed by atoms with E-state index in [2.05, 4.69) is 22.2 Å². The fourth-order valence-corrected chi connectivity index (χ4v) is 4.50. The van der Waals surface area contributed by atoms with E-state index in [9.17, 15) is 4.79 Å². The van der Waals surface area contributed by atoms with E-state index in [4.69, 9.17) is 14.0 Å². The zero-order chi connectivity index (χ0) is 21.8. The average Bonchev–Trinajstić information content (AvgIpc) is 3.36. The molecule has 1 unspecified atom stereocenters. The second kappa shape index (κ2) is 9.91. The van der Waals surface area contributed by atoms with E-state index in [-0.39, 0.29) is 17.9 Å². The first-order valence-electron chi connectivity index (χ1n) is 11.3. The Morgan fingerprint density at radius 2 is 2.03 bits per heavy atom. The number of aromatic nitrogens is 4. The lowest BCUT2D eigenvalue weighted by Crippen LogP contribution is -2.43. The molecule has 2 aliphatic rings. The normalized spacial score (nSPS) is 20.4. The fourth-order valence-electron chi connectivity index (χ4n) is 4.50. The largest absolute Gasteiger partial charge is 0.381 e. The zero-order valence-electron chi connectivity index (χ0n) is 18.8. The summed E-state index contributed by atoms with van der Waals surface area (Å²) in [6.45, 7) is 7.26. The molecule has 0 aliphatic carbocycles. The Bertz CT molecular complexity index is 887. The van der Waals surface area contributed by atoms with Crippen molar-refractivity contribution in [2.75, 3.05) is 26.3 Å². The Morgan fingerprint density at radius 3 is 2.77 bits per heavy atom. The van der Waals surface area contributed by atoms with Crippen LogP contribution in [0.25, 0.3) is 0 Å². The number of aryl methyl sites for hydroxylation is 2. The standard InChI is InChI=1S/C22H33N5O4/c1-15-19(16(2)26(3)24-15)6-7-21(28)27-10-4-5-18(13-27)30-14-20-23-22(31-25-20)17-8-11-29-12-9-17/h17-18H,4-14H2,1-3H3. The molecule has 1 amide bonds. The maximum atomic E-state index is 12.8. The lowest BCUT2D eigenvalue weighted by atomic mass is 10.0. The van der Waals surface area contributed by atoms with Crippen molar-refractivity contribution in [2.24, 2.45) is 7.05 Å². The summed E-state index contributed by atoms with van der Waals surface area (Å²) in [6, 6.07) is 0. The van der Waals surface area contributed by atoms with Gasteiger partial charge in [0.25, 0.3) is 0 Å². The molecule has 2 aliphatic heterocycles. The van der Waals surface area contributed by atoms with E-state index in [1.54, 1.807) is 0 Å². The van der Waals surface area contributed by atoms with Gasteiger partial charge < -0.3 is 18.9 Å². The van der Waals surface area contributed by atoms with Crippen molar-refractivity contribution in [3.8, 4) is 0 Å². The second-order valence-electron chi connectivity index (χ2n) is 8.62. The molecular formula is C22H33N5O4. The topological polar surface area (TPSA) is 95.5 Å². The zero-order valence-corrected chi connectivity index (χ0v) is 18.8. The molecule has 2 aromatic heterocycles. The molecule has 170 valence electrons.